The standard InChI is InChI=1S/C17H28N2O.ClH/c18-15-12-2-1-3-13(15)9-14(8-12)17(20)19-16(10-4-5-10)11-6-7-11;/h10-16H,1-9,18H2,(H,19,20);1H. The molecular weight excluding hydrogens is 284 g/mol. The zero-order valence-electron chi connectivity index (χ0n) is 12.8. The first-order valence-electron chi connectivity index (χ1n) is 8.78. The summed E-state index contributed by atoms with van der Waals surface area (Å²) < 4.78 is 0. The Balaban J connectivity index is 0.00000132. The molecule has 0 spiro atoms. The molecule has 0 aromatic carbocycles. The van der Waals surface area contributed by atoms with Gasteiger partial charge in [0.1, 0.15) is 0 Å². The first-order chi connectivity index (χ1) is 9.72. The smallest absolute Gasteiger partial charge is 0.223 e. The van der Waals surface area contributed by atoms with Gasteiger partial charge in [0.05, 0.1) is 0 Å². The minimum Gasteiger partial charge on any atom is -0.353 e. The largest absolute Gasteiger partial charge is 0.353 e. The molecule has 1 amide bonds. The quantitative estimate of drug-likeness (QED) is 0.838. The third kappa shape index (κ3) is 3.24. The van der Waals surface area contributed by atoms with Crippen LogP contribution in [-0.4, -0.2) is 18.0 Å². The Morgan fingerprint density at radius 3 is 1.95 bits per heavy atom. The maximum absolute atomic E-state index is 12.7. The van der Waals surface area contributed by atoms with E-state index in [0.717, 1.165) is 24.7 Å². The Bertz CT molecular complexity index is 368. The SMILES string of the molecule is Cl.NC1C2CCCC1CC(C(=O)NC(C1CC1)C1CC1)C2. The zero-order valence-corrected chi connectivity index (χ0v) is 13.6. The van der Waals surface area contributed by atoms with Gasteiger partial charge in [-0.15, -0.1) is 12.4 Å². The summed E-state index contributed by atoms with van der Waals surface area (Å²) in [5, 5.41) is 3.43. The number of fused-ring (bicyclic) bond motifs is 2. The molecule has 2 bridgehead atoms. The zero-order chi connectivity index (χ0) is 13.7. The first kappa shape index (κ1) is 15.6. The lowest BCUT2D eigenvalue weighted by atomic mass is 9.65. The van der Waals surface area contributed by atoms with Crippen LogP contribution in [-0.2, 0) is 4.79 Å². The first-order valence-corrected chi connectivity index (χ1v) is 8.78. The van der Waals surface area contributed by atoms with Gasteiger partial charge in [0.15, 0.2) is 0 Å². The average Bonchev–Trinajstić information content (AvgIpc) is 3.26. The molecule has 0 aromatic rings. The van der Waals surface area contributed by atoms with Crippen LogP contribution in [0, 0.1) is 29.6 Å². The van der Waals surface area contributed by atoms with Gasteiger partial charge in [0.25, 0.3) is 0 Å². The fraction of sp³-hybridized carbons (Fsp3) is 0.941. The highest BCUT2D eigenvalue weighted by molar-refractivity contribution is 5.85. The molecule has 0 radical (unpaired) electrons. The van der Waals surface area contributed by atoms with E-state index in [1.165, 1.54) is 44.9 Å². The van der Waals surface area contributed by atoms with Crippen molar-refractivity contribution >= 4 is 18.3 Å². The summed E-state index contributed by atoms with van der Waals surface area (Å²) in [6.07, 6.45) is 11.3. The Morgan fingerprint density at radius 1 is 0.952 bits per heavy atom. The van der Waals surface area contributed by atoms with Crippen molar-refractivity contribution in [2.24, 2.45) is 35.3 Å². The predicted octanol–water partition coefficient (Wildman–Crippen LogP) is 2.87. The minimum absolute atomic E-state index is 0. The second-order valence-electron chi connectivity index (χ2n) is 7.91. The van der Waals surface area contributed by atoms with E-state index in [0.29, 0.717) is 29.8 Å². The van der Waals surface area contributed by atoms with E-state index in [1.807, 2.05) is 0 Å². The minimum atomic E-state index is 0. The normalized spacial score (nSPS) is 38.8. The van der Waals surface area contributed by atoms with Crippen LogP contribution in [0.5, 0.6) is 0 Å². The molecule has 0 saturated heterocycles. The van der Waals surface area contributed by atoms with Gasteiger partial charge < -0.3 is 11.1 Å². The van der Waals surface area contributed by atoms with E-state index >= 15 is 0 Å². The van der Waals surface area contributed by atoms with Gasteiger partial charge in [0.2, 0.25) is 5.91 Å². The highest BCUT2D eigenvalue weighted by atomic mass is 35.5. The molecule has 3 nitrogen and oxygen atoms in total. The molecule has 4 rings (SSSR count). The number of amides is 1. The van der Waals surface area contributed by atoms with Crippen LogP contribution in [0.2, 0.25) is 0 Å². The third-order valence-electron chi connectivity index (χ3n) is 6.35. The molecule has 0 aliphatic heterocycles. The van der Waals surface area contributed by atoms with E-state index in [9.17, 15) is 4.79 Å². The van der Waals surface area contributed by atoms with Crippen molar-refractivity contribution in [1.29, 1.82) is 0 Å². The van der Waals surface area contributed by atoms with Crippen LogP contribution in [0.4, 0.5) is 0 Å². The lowest BCUT2D eigenvalue weighted by molar-refractivity contribution is -0.129. The summed E-state index contributed by atoms with van der Waals surface area (Å²) in [5.74, 6) is 3.44. The number of rotatable bonds is 4. The summed E-state index contributed by atoms with van der Waals surface area (Å²) in [5.41, 5.74) is 6.33. The van der Waals surface area contributed by atoms with E-state index in [4.69, 9.17) is 5.73 Å². The number of nitrogens with one attached hydrogen (secondary N) is 1. The summed E-state index contributed by atoms with van der Waals surface area (Å²) in [6.45, 7) is 0. The molecule has 4 aliphatic rings. The molecule has 4 saturated carbocycles. The van der Waals surface area contributed by atoms with E-state index in [1.54, 1.807) is 0 Å². The van der Waals surface area contributed by atoms with E-state index in [-0.39, 0.29) is 18.3 Å². The van der Waals surface area contributed by atoms with Crippen molar-refractivity contribution in [3.8, 4) is 0 Å². The number of hydrogen-bond acceptors (Lipinski definition) is 2. The second kappa shape index (κ2) is 6.08. The molecule has 21 heavy (non-hydrogen) atoms. The molecule has 4 aliphatic carbocycles. The Labute approximate surface area is 134 Å². The van der Waals surface area contributed by atoms with Gasteiger partial charge >= 0.3 is 0 Å². The molecule has 120 valence electrons. The van der Waals surface area contributed by atoms with Crippen LogP contribution in [0.3, 0.4) is 0 Å². The number of nitrogens with two attached hydrogens (primary N) is 1. The molecule has 0 aromatic heterocycles. The summed E-state index contributed by atoms with van der Waals surface area (Å²) in [4.78, 5) is 12.7. The van der Waals surface area contributed by atoms with Crippen molar-refractivity contribution in [1.82, 2.24) is 5.32 Å². The van der Waals surface area contributed by atoms with Crippen molar-refractivity contribution < 1.29 is 4.79 Å². The maximum atomic E-state index is 12.7. The van der Waals surface area contributed by atoms with Gasteiger partial charge in [-0.25, -0.2) is 0 Å². The van der Waals surface area contributed by atoms with Crippen molar-refractivity contribution in [2.45, 2.75) is 69.9 Å². The number of hydrogen-bond donors (Lipinski definition) is 2. The van der Waals surface area contributed by atoms with Gasteiger partial charge in [-0.1, -0.05) is 6.42 Å². The number of halogens is 1. The van der Waals surface area contributed by atoms with Gasteiger partial charge in [-0.2, -0.15) is 0 Å². The second-order valence-corrected chi connectivity index (χ2v) is 7.91. The monoisotopic (exact) mass is 312 g/mol. The molecule has 0 heterocycles. The summed E-state index contributed by atoms with van der Waals surface area (Å²) in [6, 6.07) is 0.883. The third-order valence-corrected chi connectivity index (χ3v) is 6.35. The van der Waals surface area contributed by atoms with Crippen molar-refractivity contribution in [2.75, 3.05) is 0 Å². The molecule has 4 fully saturated rings. The Hall–Kier alpha value is -0.280. The van der Waals surface area contributed by atoms with Crippen LogP contribution in [0.25, 0.3) is 0 Å². The van der Waals surface area contributed by atoms with E-state index < -0.39 is 0 Å². The van der Waals surface area contributed by atoms with Crippen molar-refractivity contribution in [3.63, 3.8) is 0 Å². The lowest BCUT2D eigenvalue weighted by Crippen LogP contribution is -2.50. The number of carbonyl (C=O) groups excluding carboxylic acids is 1. The van der Waals surface area contributed by atoms with Crippen LogP contribution in [0.15, 0.2) is 0 Å². The Kier molecular flexibility index (Phi) is 4.52. The predicted molar refractivity (Wildman–Crippen MR) is 86.2 cm³/mol. The molecule has 2 atom stereocenters. The summed E-state index contributed by atoms with van der Waals surface area (Å²) in [7, 11) is 0. The van der Waals surface area contributed by atoms with Gasteiger partial charge in [-0.3, -0.25) is 4.79 Å². The molecular formula is C17H29ClN2O. The van der Waals surface area contributed by atoms with Crippen LogP contribution in [0.1, 0.15) is 57.8 Å². The van der Waals surface area contributed by atoms with Crippen LogP contribution >= 0.6 is 12.4 Å². The van der Waals surface area contributed by atoms with Crippen LogP contribution < -0.4 is 11.1 Å². The highest BCUT2D eigenvalue weighted by Gasteiger charge is 2.45. The lowest BCUT2D eigenvalue weighted by Gasteiger charge is -2.43. The molecule has 4 heteroatoms. The van der Waals surface area contributed by atoms with E-state index in [2.05, 4.69) is 5.32 Å². The fourth-order valence-electron chi connectivity index (χ4n) is 4.82. The van der Waals surface area contributed by atoms with Gasteiger partial charge in [-0.05, 0) is 75.0 Å². The highest BCUT2D eigenvalue weighted by Crippen LogP contribution is 2.46. The summed E-state index contributed by atoms with van der Waals surface area (Å²) >= 11 is 0. The molecule has 2 unspecified atom stereocenters. The molecule has 3 N–H and O–H groups in total. The fourth-order valence-corrected chi connectivity index (χ4v) is 4.82. The maximum Gasteiger partial charge on any atom is 0.223 e. The number of carbonyl (C=O) groups is 1. The topological polar surface area (TPSA) is 55.1 Å². The average molecular weight is 313 g/mol. The van der Waals surface area contributed by atoms with Crippen molar-refractivity contribution in [3.05, 3.63) is 0 Å². The van der Waals surface area contributed by atoms with Gasteiger partial charge in [0, 0.05) is 18.0 Å². The Morgan fingerprint density at radius 2 is 1.48 bits per heavy atom.